The maximum atomic E-state index is 9.76. The molecule has 0 fully saturated rings. The Morgan fingerprint density at radius 2 is 1.11 bits per heavy atom. The second-order valence-electron chi connectivity index (χ2n) is 6.31. The van der Waals surface area contributed by atoms with E-state index in [1.807, 2.05) is 25.1 Å². The molecule has 0 aliphatic rings. The number of thiol groups is 1. The number of hydrogen-bond acceptors (Lipinski definition) is 2. The third-order valence-electron chi connectivity index (χ3n) is 4.32. The van der Waals surface area contributed by atoms with E-state index in [-0.39, 0.29) is 0 Å². The molecule has 3 aromatic carbocycles. The molecule has 0 amide bonds. The molecule has 0 unspecified atom stereocenters. The molecule has 3 rings (SSSR count). The first-order valence-corrected chi connectivity index (χ1v) is 9.64. The van der Waals surface area contributed by atoms with Crippen LogP contribution in [0.5, 0.6) is 0 Å². The van der Waals surface area contributed by atoms with Gasteiger partial charge in [0.2, 0.25) is 0 Å². The topological polar surface area (TPSA) is 37.3 Å². The Bertz CT molecular complexity index is 705. The third-order valence-corrected chi connectivity index (χ3v) is 5.09. The van der Waals surface area contributed by atoms with Crippen LogP contribution in [0.1, 0.15) is 42.9 Å². The molecule has 27 heavy (non-hydrogen) atoms. The van der Waals surface area contributed by atoms with E-state index < -0.39 is 10.7 Å². The highest BCUT2D eigenvalue weighted by Crippen LogP contribution is 2.42. The normalized spacial score (nSPS) is 10.6. The van der Waals surface area contributed by atoms with E-state index in [0.29, 0.717) is 6.42 Å². The summed E-state index contributed by atoms with van der Waals surface area (Å²) >= 11 is 5.09. The van der Waals surface area contributed by atoms with E-state index in [4.69, 9.17) is 17.7 Å². The lowest BCUT2D eigenvalue weighted by atomic mass is 9.84. The van der Waals surface area contributed by atoms with Gasteiger partial charge in [0.25, 0.3) is 0 Å². The molecule has 3 aromatic rings. The lowest BCUT2D eigenvalue weighted by Gasteiger charge is -2.30. The largest absolute Gasteiger partial charge is 0.481 e. The lowest BCUT2D eigenvalue weighted by molar-refractivity contribution is -0.137. The summed E-state index contributed by atoms with van der Waals surface area (Å²) in [6.07, 6.45) is 2.08. The summed E-state index contributed by atoms with van der Waals surface area (Å²) in [6.45, 7) is 1.98. The molecule has 0 spiro atoms. The lowest BCUT2D eigenvalue weighted by Crippen LogP contribution is -2.22. The summed E-state index contributed by atoms with van der Waals surface area (Å²) < 4.78 is -0.427. The molecule has 3 heteroatoms. The van der Waals surface area contributed by atoms with Crippen LogP contribution in [-0.4, -0.2) is 11.1 Å². The van der Waals surface area contributed by atoms with Gasteiger partial charge in [0.1, 0.15) is 0 Å². The molecule has 0 aromatic heterocycles. The summed E-state index contributed by atoms with van der Waals surface area (Å²) in [5, 5.41) is 8.04. The van der Waals surface area contributed by atoms with Crippen LogP contribution in [0.25, 0.3) is 0 Å². The molecule has 0 heterocycles. The van der Waals surface area contributed by atoms with E-state index in [9.17, 15) is 4.79 Å². The quantitative estimate of drug-likeness (QED) is 0.397. The molecule has 0 atom stereocenters. The third kappa shape index (κ3) is 5.73. The van der Waals surface area contributed by atoms with Crippen LogP contribution in [0.15, 0.2) is 91.0 Å². The number of hydrogen-bond donors (Lipinski definition) is 2. The molecule has 1 N–H and O–H groups in total. The van der Waals surface area contributed by atoms with E-state index in [0.717, 1.165) is 12.8 Å². The molecule has 0 aliphatic carbocycles. The number of benzene rings is 3. The zero-order valence-electron chi connectivity index (χ0n) is 15.6. The number of unbranched alkanes of at least 4 members (excludes halogenated alkanes) is 1. The molecule has 0 bridgehead atoms. The Hall–Kier alpha value is -2.52. The highest BCUT2D eigenvalue weighted by molar-refractivity contribution is 7.81. The smallest absolute Gasteiger partial charge is 0.303 e. The fourth-order valence-corrected chi connectivity index (χ4v) is 3.31. The second kappa shape index (κ2) is 10.6. The van der Waals surface area contributed by atoms with Crippen molar-refractivity contribution in [2.24, 2.45) is 0 Å². The molecule has 0 saturated heterocycles. The number of carboxylic acids is 1. The first-order valence-electron chi connectivity index (χ1n) is 9.19. The molecule has 0 saturated carbocycles. The summed E-state index contributed by atoms with van der Waals surface area (Å²) in [4.78, 5) is 9.76. The molecule has 2 nitrogen and oxygen atoms in total. The number of carboxylic acid groups (broad SMARTS) is 1. The van der Waals surface area contributed by atoms with Crippen LogP contribution < -0.4 is 0 Å². The minimum atomic E-state index is -0.693. The highest BCUT2D eigenvalue weighted by Gasteiger charge is 2.31. The number of carbonyl (C=O) groups is 1. The van der Waals surface area contributed by atoms with Crippen molar-refractivity contribution in [2.75, 3.05) is 0 Å². The summed E-state index contributed by atoms with van der Waals surface area (Å²) in [7, 11) is 0. The van der Waals surface area contributed by atoms with Crippen LogP contribution in [0.4, 0.5) is 0 Å². The van der Waals surface area contributed by atoms with Gasteiger partial charge in [-0.15, -0.1) is 0 Å². The van der Waals surface area contributed by atoms with Gasteiger partial charge in [0.15, 0.2) is 0 Å². The van der Waals surface area contributed by atoms with Gasteiger partial charge in [-0.2, -0.15) is 12.6 Å². The predicted molar refractivity (Wildman–Crippen MR) is 115 cm³/mol. The molecular weight excluding hydrogens is 352 g/mol. The first-order chi connectivity index (χ1) is 13.1. The summed E-state index contributed by atoms with van der Waals surface area (Å²) in [5.74, 6) is -0.693. The molecule has 140 valence electrons. The van der Waals surface area contributed by atoms with Crippen molar-refractivity contribution in [1.82, 2.24) is 0 Å². The highest BCUT2D eigenvalue weighted by atomic mass is 32.1. The van der Waals surface area contributed by atoms with Gasteiger partial charge in [0.05, 0.1) is 4.75 Å². The van der Waals surface area contributed by atoms with E-state index in [2.05, 4.69) is 72.8 Å². The first kappa shape index (κ1) is 20.8. The van der Waals surface area contributed by atoms with Crippen molar-refractivity contribution in [1.29, 1.82) is 0 Å². The van der Waals surface area contributed by atoms with Crippen molar-refractivity contribution >= 4 is 18.6 Å². The number of aliphatic carboxylic acids is 1. The Labute approximate surface area is 167 Å². The monoisotopic (exact) mass is 378 g/mol. The number of rotatable bonds is 6. The SMILES string of the molecule is CCCCC(=O)O.SC(c1ccccc1)(c1ccccc1)c1ccccc1. The Morgan fingerprint density at radius 3 is 1.33 bits per heavy atom. The van der Waals surface area contributed by atoms with Crippen molar-refractivity contribution in [3.63, 3.8) is 0 Å². The minimum absolute atomic E-state index is 0.316. The van der Waals surface area contributed by atoms with Gasteiger partial charge in [-0.1, -0.05) is 104 Å². The maximum Gasteiger partial charge on any atom is 0.303 e. The van der Waals surface area contributed by atoms with Crippen LogP contribution in [0, 0.1) is 0 Å². The molecule has 0 radical (unpaired) electrons. The van der Waals surface area contributed by atoms with Crippen molar-refractivity contribution < 1.29 is 9.90 Å². The summed E-state index contributed by atoms with van der Waals surface area (Å²) in [6, 6.07) is 31.3. The van der Waals surface area contributed by atoms with E-state index in [1.54, 1.807) is 0 Å². The fourth-order valence-electron chi connectivity index (χ4n) is 2.87. The Kier molecular flexibility index (Phi) is 8.15. The Balaban J connectivity index is 0.000000321. The van der Waals surface area contributed by atoms with E-state index in [1.165, 1.54) is 16.7 Å². The Morgan fingerprint density at radius 1 is 0.778 bits per heavy atom. The fraction of sp³-hybridized carbons (Fsp3) is 0.208. The van der Waals surface area contributed by atoms with Gasteiger partial charge < -0.3 is 5.11 Å². The maximum absolute atomic E-state index is 9.76. The molecular formula is C24H26O2S. The van der Waals surface area contributed by atoms with Crippen LogP contribution >= 0.6 is 12.6 Å². The van der Waals surface area contributed by atoms with E-state index >= 15 is 0 Å². The van der Waals surface area contributed by atoms with Crippen LogP contribution in [0.2, 0.25) is 0 Å². The standard InChI is InChI=1S/C19H16S.C5H10O2/c20-19(16-10-4-1-5-11-16,17-12-6-2-7-13-17)18-14-8-3-9-15-18;1-2-3-4-5(6)7/h1-15,20H;2-4H2,1H3,(H,6,7). The van der Waals surface area contributed by atoms with Crippen LogP contribution in [-0.2, 0) is 9.54 Å². The van der Waals surface area contributed by atoms with Crippen molar-refractivity contribution in [3.8, 4) is 0 Å². The average molecular weight is 379 g/mol. The second-order valence-corrected chi connectivity index (χ2v) is 6.98. The van der Waals surface area contributed by atoms with Gasteiger partial charge in [-0.3, -0.25) is 4.79 Å². The zero-order chi connectivity index (χ0) is 19.5. The summed E-state index contributed by atoms with van der Waals surface area (Å²) in [5.41, 5.74) is 3.54. The average Bonchev–Trinajstić information content (AvgIpc) is 2.74. The molecule has 0 aliphatic heterocycles. The van der Waals surface area contributed by atoms with Crippen molar-refractivity contribution in [3.05, 3.63) is 108 Å². The van der Waals surface area contributed by atoms with Gasteiger partial charge in [-0.25, -0.2) is 0 Å². The van der Waals surface area contributed by atoms with Gasteiger partial charge in [-0.05, 0) is 23.1 Å². The van der Waals surface area contributed by atoms with Crippen molar-refractivity contribution in [2.45, 2.75) is 30.9 Å². The minimum Gasteiger partial charge on any atom is -0.481 e. The van der Waals surface area contributed by atoms with Gasteiger partial charge >= 0.3 is 5.97 Å². The predicted octanol–water partition coefficient (Wildman–Crippen LogP) is 6.17. The van der Waals surface area contributed by atoms with Gasteiger partial charge in [0, 0.05) is 6.42 Å². The zero-order valence-corrected chi connectivity index (χ0v) is 16.5. The van der Waals surface area contributed by atoms with Crippen LogP contribution in [0.3, 0.4) is 0 Å².